The highest BCUT2D eigenvalue weighted by Crippen LogP contribution is 2.33. The first-order chi connectivity index (χ1) is 7.97. The zero-order valence-corrected chi connectivity index (χ0v) is 12.6. The van der Waals surface area contributed by atoms with E-state index in [0.717, 1.165) is 12.5 Å². The second-order valence-corrected chi connectivity index (χ2v) is 6.67. The zero-order chi connectivity index (χ0) is 12.9. The van der Waals surface area contributed by atoms with Crippen LogP contribution in [-0.2, 0) is 0 Å². The van der Waals surface area contributed by atoms with Crippen molar-refractivity contribution in [2.75, 3.05) is 26.2 Å². The van der Waals surface area contributed by atoms with Crippen molar-refractivity contribution in [3.8, 4) is 0 Å². The average Bonchev–Trinajstić information content (AvgIpc) is 2.72. The summed E-state index contributed by atoms with van der Waals surface area (Å²) < 4.78 is 0. The van der Waals surface area contributed by atoms with Crippen molar-refractivity contribution < 1.29 is 0 Å². The van der Waals surface area contributed by atoms with Gasteiger partial charge < -0.3 is 10.2 Å². The minimum Gasteiger partial charge on any atom is -0.313 e. The molecule has 2 unspecified atom stereocenters. The van der Waals surface area contributed by atoms with Crippen LogP contribution in [0.4, 0.5) is 0 Å². The Morgan fingerprint density at radius 3 is 2.47 bits per heavy atom. The van der Waals surface area contributed by atoms with Crippen molar-refractivity contribution in [3.63, 3.8) is 0 Å². The van der Waals surface area contributed by atoms with Crippen molar-refractivity contribution in [1.82, 2.24) is 10.2 Å². The van der Waals surface area contributed by atoms with Gasteiger partial charge in [0, 0.05) is 19.1 Å². The molecule has 0 amide bonds. The zero-order valence-electron chi connectivity index (χ0n) is 12.6. The van der Waals surface area contributed by atoms with E-state index in [2.05, 4.69) is 44.8 Å². The van der Waals surface area contributed by atoms with Gasteiger partial charge in [-0.3, -0.25) is 0 Å². The average molecular weight is 240 g/mol. The Bertz CT molecular complexity index is 207. The maximum Gasteiger partial charge on any atom is 0.0192 e. The van der Waals surface area contributed by atoms with Gasteiger partial charge in [-0.1, -0.05) is 34.6 Å². The summed E-state index contributed by atoms with van der Waals surface area (Å²) in [4.78, 5) is 2.66. The van der Waals surface area contributed by atoms with Crippen LogP contribution in [0.25, 0.3) is 0 Å². The Hall–Kier alpha value is -0.0800. The number of likely N-dealkylation sites (tertiary alicyclic amines) is 1. The number of rotatable bonds is 6. The topological polar surface area (TPSA) is 15.3 Å². The number of nitrogens with one attached hydrogen (secondary N) is 1. The summed E-state index contributed by atoms with van der Waals surface area (Å²) in [6.07, 6.45) is 3.87. The largest absolute Gasteiger partial charge is 0.313 e. The summed E-state index contributed by atoms with van der Waals surface area (Å²) in [6, 6.07) is 0.689. The van der Waals surface area contributed by atoms with Crippen molar-refractivity contribution in [2.24, 2.45) is 11.3 Å². The van der Waals surface area contributed by atoms with Gasteiger partial charge in [0.2, 0.25) is 0 Å². The second kappa shape index (κ2) is 6.75. The van der Waals surface area contributed by atoms with E-state index in [0.29, 0.717) is 11.5 Å². The van der Waals surface area contributed by atoms with E-state index >= 15 is 0 Å². The van der Waals surface area contributed by atoms with Gasteiger partial charge in [0.25, 0.3) is 0 Å². The third-order valence-corrected chi connectivity index (χ3v) is 4.15. The van der Waals surface area contributed by atoms with Crippen LogP contribution in [0.5, 0.6) is 0 Å². The van der Waals surface area contributed by atoms with Crippen molar-refractivity contribution in [3.05, 3.63) is 0 Å². The quantitative estimate of drug-likeness (QED) is 0.767. The smallest absolute Gasteiger partial charge is 0.0192 e. The summed E-state index contributed by atoms with van der Waals surface area (Å²) in [5.41, 5.74) is 0.479. The molecule has 102 valence electrons. The fourth-order valence-electron chi connectivity index (χ4n) is 2.70. The van der Waals surface area contributed by atoms with Crippen LogP contribution in [0.15, 0.2) is 0 Å². The molecule has 2 nitrogen and oxygen atoms in total. The van der Waals surface area contributed by atoms with E-state index in [9.17, 15) is 0 Å². The molecule has 0 aromatic carbocycles. The molecule has 0 aliphatic carbocycles. The molecule has 0 bridgehead atoms. The van der Waals surface area contributed by atoms with E-state index in [1.54, 1.807) is 0 Å². The SMILES string of the molecule is CCCNC(CC)CN1CCC(C(C)(C)C)C1. The van der Waals surface area contributed by atoms with E-state index in [1.165, 1.54) is 38.9 Å². The fourth-order valence-corrected chi connectivity index (χ4v) is 2.70. The first-order valence-electron chi connectivity index (χ1n) is 7.43. The van der Waals surface area contributed by atoms with Gasteiger partial charge in [-0.05, 0) is 43.7 Å². The maximum absolute atomic E-state index is 3.66. The van der Waals surface area contributed by atoms with Gasteiger partial charge in [-0.15, -0.1) is 0 Å². The van der Waals surface area contributed by atoms with E-state index in [-0.39, 0.29) is 0 Å². The molecule has 1 fully saturated rings. The van der Waals surface area contributed by atoms with Crippen molar-refractivity contribution in [1.29, 1.82) is 0 Å². The lowest BCUT2D eigenvalue weighted by Crippen LogP contribution is -2.40. The minimum absolute atomic E-state index is 0.479. The van der Waals surface area contributed by atoms with Crippen LogP contribution in [0.3, 0.4) is 0 Å². The molecule has 0 saturated carbocycles. The molecule has 0 radical (unpaired) electrons. The molecule has 2 heteroatoms. The number of hydrogen-bond acceptors (Lipinski definition) is 2. The van der Waals surface area contributed by atoms with Crippen LogP contribution in [0.2, 0.25) is 0 Å². The minimum atomic E-state index is 0.479. The molecule has 1 aliphatic rings. The van der Waals surface area contributed by atoms with E-state index in [1.807, 2.05) is 0 Å². The molecule has 1 aliphatic heterocycles. The molecule has 0 aromatic heterocycles. The van der Waals surface area contributed by atoms with Crippen molar-refractivity contribution in [2.45, 2.75) is 59.9 Å². The summed E-state index contributed by atoms with van der Waals surface area (Å²) in [6.45, 7) is 16.7. The Morgan fingerprint density at radius 2 is 2.00 bits per heavy atom. The van der Waals surface area contributed by atoms with Crippen LogP contribution in [0, 0.1) is 11.3 Å². The lowest BCUT2D eigenvalue weighted by molar-refractivity contribution is 0.218. The summed E-state index contributed by atoms with van der Waals surface area (Å²) in [7, 11) is 0. The molecule has 1 rings (SSSR count). The van der Waals surface area contributed by atoms with Gasteiger partial charge in [-0.2, -0.15) is 0 Å². The van der Waals surface area contributed by atoms with Gasteiger partial charge >= 0.3 is 0 Å². The monoisotopic (exact) mass is 240 g/mol. The Kier molecular flexibility index (Phi) is 5.94. The first-order valence-corrected chi connectivity index (χ1v) is 7.43. The predicted octanol–water partition coefficient (Wildman–Crippen LogP) is 3.13. The molecule has 1 N–H and O–H groups in total. The first kappa shape index (κ1) is 15.0. The highest BCUT2D eigenvalue weighted by Gasteiger charge is 2.32. The normalized spacial score (nSPS) is 24.2. The molecular formula is C15H32N2. The lowest BCUT2D eigenvalue weighted by atomic mass is 9.80. The third-order valence-electron chi connectivity index (χ3n) is 4.15. The number of hydrogen-bond donors (Lipinski definition) is 1. The molecule has 1 heterocycles. The Balaban J connectivity index is 2.33. The molecule has 0 aromatic rings. The Morgan fingerprint density at radius 1 is 1.29 bits per heavy atom. The van der Waals surface area contributed by atoms with E-state index in [4.69, 9.17) is 0 Å². The summed E-state index contributed by atoms with van der Waals surface area (Å²) in [5, 5.41) is 3.66. The van der Waals surface area contributed by atoms with E-state index < -0.39 is 0 Å². The molecular weight excluding hydrogens is 208 g/mol. The second-order valence-electron chi connectivity index (χ2n) is 6.67. The van der Waals surface area contributed by atoms with Crippen LogP contribution >= 0.6 is 0 Å². The van der Waals surface area contributed by atoms with Gasteiger partial charge in [0.15, 0.2) is 0 Å². The van der Waals surface area contributed by atoms with Gasteiger partial charge in [-0.25, -0.2) is 0 Å². The van der Waals surface area contributed by atoms with Gasteiger partial charge in [0.05, 0.1) is 0 Å². The third kappa shape index (κ3) is 4.97. The molecule has 0 spiro atoms. The van der Waals surface area contributed by atoms with Crippen LogP contribution < -0.4 is 5.32 Å². The van der Waals surface area contributed by atoms with Crippen LogP contribution in [0.1, 0.15) is 53.9 Å². The molecule has 17 heavy (non-hydrogen) atoms. The highest BCUT2D eigenvalue weighted by atomic mass is 15.2. The van der Waals surface area contributed by atoms with Crippen molar-refractivity contribution >= 4 is 0 Å². The predicted molar refractivity (Wildman–Crippen MR) is 76.4 cm³/mol. The van der Waals surface area contributed by atoms with Gasteiger partial charge in [0.1, 0.15) is 0 Å². The highest BCUT2D eigenvalue weighted by molar-refractivity contribution is 4.85. The molecule has 1 saturated heterocycles. The van der Waals surface area contributed by atoms with Crippen LogP contribution in [-0.4, -0.2) is 37.1 Å². The lowest BCUT2D eigenvalue weighted by Gasteiger charge is -2.28. The summed E-state index contributed by atoms with van der Waals surface area (Å²) >= 11 is 0. The number of nitrogens with zero attached hydrogens (tertiary/aromatic N) is 1. The maximum atomic E-state index is 3.66. The molecule has 2 atom stereocenters. The Labute approximate surface area is 108 Å². The summed E-state index contributed by atoms with van der Waals surface area (Å²) in [5.74, 6) is 0.881. The fraction of sp³-hybridized carbons (Fsp3) is 1.00. The standard InChI is InChI=1S/C15H32N2/c1-6-9-16-14(7-2)12-17-10-8-13(11-17)15(3,4)5/h13-14,16H,6-12H2,1-5H3.